The Bertz CT molecular complexity index is 907. The molecular weight excluding hydrogens is 376 g/mol. The first-order valence-corrected chi connectivity index (χ1v) is 10.1. The predicted molar refractivity (Wildman–Crippen MR) is 120 cm³/mol. The lowest BCUT2D eigenvalue weighted by molar-refractivity contribution is -0.115. The first kappa shape index (κ1) is 21.4. The molecule has 0 bridgehead atoms. The van der Waals surface area contributed by atoms with Crippen LogP contribution in [0, 0.1) is 0 Å². The summed E-state index contributed by atoms with van der Waals surface area (Å²) in [6.45, 7) is 5.36. The number of amides is 1. The average Bonchev–Trinajstić information content (AvgIpc) is 2.75. The molecule has 1 amide bonds. The number of rotatable bonds is 10. The van der Waals surface area contributed by atoms with Gasteiger partial charge >= 0.3 is 0 Å². The van der Waals surface area contributed by atoms with Crippen molar-refractivity contribution in [3.8, 4) is 11.5 Å². The summed E-state index contributed by atoms with van der Waals surface area (Å²) < 4.78 is 11.4. The van der Waals surface area contributed by atoms with Gasteiger partial charge in [-0.3, -0.25) is 4.79 Å². The minimum Gasteiger partial charge on any atom is -0.491 e. The van der Waals surface area contributed by atoms with Gasteiger partial charge in [-0.1, -0.05) is 42.5 Å². The molecule has 0 aliphatic rings. The van der Waals surface area contributed by atoms with Gasteiger partial charge in [0.2, 0.25) is 5.91 Å². The van der Waals surface area contributed by atoms with E-state index in [1.807, 2.05) is 92.7 Å². The molecule has 0 unspecified atom stereocenters. The van der Waals surface area contributed by atoms with Gasteiger partial charge in [0.1, 0.15) is 18.1 Å². The molecule has 0 heterocycles. The zero-order valence-corrected chi connectivity index (χ0v) is 17.4. The molecule has 0 spiro atoms. The number of benzene rings is 3. The first-order chi connectivity index (χ1) is 14.6. The molecule has 0 saturated carbocycles. The quantitative estimate of drug-likeness (QED) is 0.510. The molecule has 3 aromatic carbocycles. The molecular formula is C25H28N2O3. The lowest BCUT2D eigenvalue weighted by Crippen LogP contribution is -2.27. The summed E-state index contributed by atoms with van der Waals surface area (Å²) >= 11 is 0. The van der Waals surface area contributed by atoms with Crippen LogP contribution in [0.2, 0.25) is 0 Å². The molecule has 5 heteroatoms. The van der Waals surface area contributed by atoms with Gasteiger partial charge in [-0.2, -0.15) is 0 Å². The minimum atomic E-state index is -0.0901. The van der Waals surface area contributed by atoms with Crippen LogP contribution in [-0.2, 0) is 17.9 Å². The van der Waals surface area contributed by atoms with Gasteiger partial charge in [-0.25, -0.2) is 0 Å². The maximum absolute atomic E-state index is 12.1. The van der Waals surface area contributed by atoms with E-state index in [2.05, 4.69) is 10.6 Å². The smallest absolute Gasteiger partial charge is 0.238 e. The number of hydrogen-bond donors (Lipinski definition) is 2. The topological polar surface area (TPSA) is 59.6 Å². The summed E-state index contributed by atoms with van der Waals surface area (Å²) in [6, 6.07) is 25.3. The lowest BCUT2D eigenvalue weighted by atomic mass is 10.2. The fourth-order valence-corrected chi connectivity index (χ4v) is 2.86. The number of carbonyl (C=O) groups is 1. The normalized spacial score (nSPS) is 10.6. The zero-order valence-electron chi connectivity index (χ0n) is 17.4. The largest absolute Gasteiger partial charge is 0.491 e. The van der Waals surface area contributed by atoms with E-state index in [0.717, 1.165) is 28.3 Å². The Morgan fingerprint density at radius 1 is 0.833 bits per heavy atom. The lowest BCUT2D eigenvalue weighted by Gasteiger charge is -2.11. The van der Waals surface area contributed by atoms with Crippen molar-refractivity contribution in [3.05, 3.63) is 90.0 Å². The van der Waals surface area contributed by atoms with Crippen molar-refractivity contribution in [3.63, 3.8) is 0 Å². The monoisotopic (exact) mass is 404 g/mol. The maximum Gasteiger partial charge on any atom is 0.238 e. The Balaban J connectivity index is 1.38. The van der Waals surface area contributed by atoms with Crippen molar-refractivity contribution in [1.82, 2.24) is 5.32 Å². The van der Waals surface area contributed by atoms with Crippen molar-refractivity contribution < 1.29 is 14.3 Å². The molecule has 0 atom stereocenters. The summed E-state index contributed by atoms with van der Waals surface area (Å²) in [7, 11) is 0. The van der Waals surface area contributed by atoms with Gasteiger partial charge in [-0.05, 0) is 61.4 Å². The van der Waals surface area contributed by atoms with E-state index in [1.54, 1.807) is 0 Å². The average molecular weight is 405 g/mol. The highest BCUT2D eigenvalue weighted by Crippen LogP contribution is 2.17. The fourth-order valence-electron chi connectivity index (χ4n) is 2.86. The van der Waals surface area contributed by atoms with E-state index in [4.69, 9.17) is 9.47 Å². The maximum atomic E-state index is 12.1. The van der Waals surface area contributed by atoms with Crippen LogP contribution in [0.3, 0.4) is 0 Å². The zero-order chi connectivity index (χ0) is 21.2. The molecule has 0 fully saturated rings. The summed E-state index contributed by atoms with van der Waals surface area (Å²) in [5.41, 5.74) is 2.95. The minimum absolute atomic E-state index is 0.0901. The van der Waals surface area contributed by atoms with Gasteiger partial charge < -0.3 is 20.1 Å². The highest BCUT2D eigenvalue weighted by atomic mass is 16.5. The van der Waals surface area contributed by atoms with Crippen molar-refractivity contribution in [2.75, 3.05) is 11.9 Å². The van der Waals surface area contributed by atoms with Gasteiger partial charge in [0.05, 0.1) is 12.6 Å². The van der Waals surface area contributed by atoms with Crippen LogP contribution < -0.4 is 20.1 Å². The summed E-state index contributed by atoms with van der Waals surface area (Å²) in [6.07, 6.45) is 0.155. The van der Waals surface area contributed by atoms with E-state index < -0.39 is 0 Å². The Hall–Kier alpha value is -3.31. The molecule has 3 rings (SSSR count). The molecule has 0 aromatic heterocycles. The highest BCUT2D eigenvalue weighted by molar-refractivity contribution is 5.92. The number of hydrogen-bond acceptors (Lipinski definition) is 4. The van der Waals surface area contributed by atoms with E-state index in [9.17, 15) is 4.79 Å². The van der Waals surface area contributed by atoms with E-state index in [1.165, 1.54) is 0 Å². The van der Waals surface area contributed by atoms with Gasteiger partial charge in [-0.15, -0.1) is 0 Å². The van der Waals surface area contributed by atoms with Crippen LogP contribution in [0.1, 0.15) is 25.0 Å². The van der Waals surface area contributed by atoms with Crippen LogP contribution in [0.25, 0.3) is 0 Å². The SMILES string of the molecule is CC(C)Oc1ccc(CNCC(=O)Nc2ccc(OCc3ccccc3)cc2)cc1. The number of nitrogens with one attached hydrogen (secondary N) is 2. The second kappa shape index (κ2) is 11.0. The van der Waals surface area contributed by atoms with Crippen molar-refractivity contribution in [2.45, 2.75) is 33.1 Å². The van der Waals surface area contributed by atoms with Crippen LogP contribution in [0.15, 0.2) is 78.9 Å². The Morgan fingerprint density at radius 3 is 2.17 bits per heavy atom. The number of anilines is 1. The number of ether oxygens (including phenoxy) is 2. The molecule has 5 nitrogen and oxygen atoms in total. The Labute approximate surface area is 178 Å². The van der Waals surface area contributed by atoms with Crippen molar-refractivity contribution in [1.29, 1.82) is 0 Å². The molecule has 156 valence electrons. The third-order valence-corrected chi connectivity index (χ3v) is 4.30. The van der Waals surface area contributed by atoms with E-state index >= 15 is 0 Å². The third-order valence-electron chi connectivity index (χ3n) is 4.30. The van der Waals surface area contributed by atoms with Gasteiger partial charge in [0.15, 0.2) is 0 Å². The third kappa shape index (κ3) is 7.26. The van der Waals surface area contributed by atoms with E-state index in [-0.39, 0.29) is 18.6 Å². The molecule has 0 saturated heterocycles. The van der Waals surface area contributed by atoms with Gasteiger partial charge in [0, 0.05) is 12.2 Å². The van der Waals surface area contributed by atoms with Crippen LogP contribution >= 0.6 is 0 Å². The van der Waals surface area contributed by atoms with E-state index in [0.29, 0.717) is 13.2 Å². The Morgan fingerprint density at radius 2 is 1.50 bits per heavy atom. The second-order valence-corrected chi connectivity index (χ2v) is 7.26. The molecule has 0 aliphatic heterocycles. The highest BCUT2D eigenvalue weighted by Gasteiger charge is 2.04. The molecule has 2 N–H and O–H groups in total. The standard InChI is InChI=1S/C25H28N2O3/c1-19(2)30-24-12-8-20(9-13-24)16-26-17-25(28)27-22-10-14-23(15-11-22)29-18-21-6-4-3-5-7-21/h3-15,19,26H,16-18H2,1-2H3,(H,27,28). The van der Waals surface area contributed by atoms with Crippen LogP contribution in [0.5, 0.6) is 11.5 Å². The van der Waals surface area contributed by atoms with Gasteiger partial charge in [0.25, 0.3) is 0 Å². The summed E-state index contributed by atoms with van der Waals surface area (Å²) in [5.74, 6) is 1.52. The molecule has 0 aliphatic carbocycles. The van der Waals surface area contributed by atoms with Crippen molar-refractivity contribution in [2.24, 2.45) is 0 Å². The number of carbonyl (C=O) groups excluding carboxylic acids is 1. The molecule has 30 heavy (non-hydrogen) atoms. The summed E-state index contributed by atoms with van der Waals surface area (Å²) in [4.78, 5) is 12.1. The fraction of sp³-hybridized carbons (Fsp3) is 0.240. The van der Waals surface area contributed by atoms with Crippen LogP contribution in [-0.4, -0.2) is 18.6 Å². The summed E-state index contributed by atoms with van der Waals surface area (Å²) in [5, 5.41) is 6.04. The molecule has 0 radical (unpaired) electrons. The Kier molecular flexibility index (Phi) is 7.86. The second-order valence-electron chi connectivity index (χ2n) is 7.26. The van der Waals surface area contributed by atoms with Crippen LogP contribution in [0.4, 0.5) is 5.69 Å². The predicted octanol–water partition coefficient (Wildman–Crippen LogP) is 4.78. The first-order valence-electron chi connectivity index (χ1n) is 10.1. The van der Waals surface area contributed by atoms with Crippen molar-refractivity contribution >= 4 is 11.6 Å². The molecule has 3 aromatic rings.